The van der Waals surface area contributed by atoms with Crippen LogP contribution in [0.4, 0.5) is 10.1 Å². The summed E-state index contributed by atoms with van der Waals surface area (Å²) in [6, 6.07) is 9.93. The van der Waals surface area contributed by atoms with Crippen molar-refractivity contribution in [1.29, 1.82) is 0 Å². The van der Waals surface area contributed by atoms with Crippen LogP contribution in [0.15, 0.2) is 48.5 Å². The molecule has 0 bridgehead atoms. The second-order valence-corrected chi connectivity index (χ2v) is 7.93. The van der Waals surface area contributed by atoms with Gasteiger partial charge in [0, 0.05) is 18.7 Å². The Labute approximate surface area is 189 Å². The summed E-state index contributed by atoms with van der Waals surface area (Å²) in [5.74, 6) is -2.49. The summed E-state index contributed by atoms with van der Waals surface area (Å²) < 4.78 is 23.7. The van der Waals surface area contributed by atoms with Crippen molar-refractivity contribution in [2.24, 2.45) is 0 Å². The molecule has 3 amide bonds. The summed E-state index contributed by atoms with van der Waals surface area (Å²) in [6.07, 6.45) is 1.16. The van der Waals surface area contributed by atoms with E-state index < -0.39 is 35.5 Å². The standard InChI is InChI=1S/C24H23FN2O6/c1-32-24(31)16-6-10-18(11-7-16)27-21(28)13-20(23(27)30)26(14-19-3-2-12-33-19)22(29)15-4-8-17(25)9-5-15/h4-11,19-20H,2-3,12-14H2,1H3. The molecule has 4 rings (SSSR count). The summed E-state index contributed by atoms with van der Waals surface area (Å²) in [7, 11) is 1.26. The molecule has 0 radical (unpaired) electrons. The number of methoxy groups -OCH3 is 1. The van der Waals surface area contributed by atoms with E-state index in [2.05, 4.69) is 4.74 Å². The average molecular weight is 454 g/mol. The molecule has 2 atom stereocenters. The van der Waals surface area contributed by atoms with Gasteiger partial charge < -0.3 is 14.4 Å². The number of halogens is 1. The zero-order chi connectivity index (χ0) is 23.5. The summed E-state index contributed by atoms with van der Waals surface area (Å²) in [5.41, 5.74) is 0.797. The molecule has 2 aliphatic rings. The summed E-state index contributed by atoms with van der Waals surface area (Å²) in [5, 5.41) is 0. The third-order valence-corrected chi connectivity index (χ3v) is 5.82. The van der Waals surface area contributed by atoms with Crippen molar-refractivity contribution < 1.29 is 33.0 Å². The second-order valence-electron chi connectivity index (χ2n) is 7.93. The van der Waals surface area contributed by atoms with E-state index in [1.54, 1.807) is 0 Å². The first-order valence-electron chi connectivity index (χ1n) is 10.6. The lowest BCUT2D eigenvalue weighted by Gasteiger charge is -2.30. The SMILES string of the molecule is COC(=O)c1ccc(N2C(=O)CC(N(CC3CCCO3)C(=O)c3ccc(F)cc3)C2=O)cc1. The molecule has 2 heterocycles. The van der Waals surface area contributed by atoms with E-state index in [0.717, 1.165) is 17.7 Å². The zero-order valence-electron chi connectivity index (χ0n) is 18.0. The van der Waals surface area contributed by atoms with Crippen LogP contribution in [-0.4, -0.2) is 61.0 Å². The number of benzene rings is 2. The van der Waals surface area contributed by atoms with Crippen LogP contribution < -0.4 is 4.90 Å². The Morgan fingerprint density at radius 1 is 1.09 bits per heavy atom. The van der Waals surface area contributed by atoms with Crippen LogP contribution in [0, 0.1) is 5.82 Å². The Morgan fingerprint density at radius 2 is 1.76 bits per heavy atom. The van der Waals surface area contributed by atoms with Gasteiger partial charge in [0.1, 0.15) is 11.9 Å². The van der Waals surface area contributed by atoms with Crippen LogP contribution in [0.3, 0.4) is 0 Å². The molecule has 9 heteroatoms. The molecule has 0 saturated carbocycles. The number of imide groups is 1. The van der Waals surface area contributed by atoms with Gasteiger partial charge in [0.2, 0.25) is 5.91 Å². The highest BCUT2D eigenvalue weighted by Gasteiger charge is 2.45. The molecular formula is C24H23FN2O6. The van der Waals surface area contributed by atoms with E-state index in [0.29, 0.717) is 12.3 Å². The number of carbonyl (C=O) groups is 4. The molecule has 2 aromatic rings. The normalized spacial score (nSPS) is 20.2. The quantitative estimate of drug-likeness (QED) is 0.492. The van der Waals surface area contributed by atoms with E-state index >= 15 is 0 Å². The van der Waals surface area contributed by atoms with Gasteiger partial charge in [-0.2, -0.15) is 0 Å². The molecule has 2 aliphatic heterocycles. The fraction of sp³-hybridized carbons (Fsp3) is 0.333. The molecule has 0 aromatic heterocycles. The van der Waals surface area contributed by atoms with Crippen molar-refractivity contribution in [3.8, 4) is 0 Å². The van der Waals surface area contributed by atoms with Crippen LogP contribution in [0.5, 0.6) is 0 Å². The van der Waals surface area contributed by atoms with Gasteiger partial charge in [0.15, 0.2) is 0 Å². The zero-order valence-corrected chi connectivity index (χ0v) is 18.0. The lowest BCUT2D eigenvalue weighted by atomic mass is 10.1. The highest BCUT2D eigenvalue weighted by Crippen LogP contribution is 2.28. The van der Waals surface area contributed by atoms with Crippen LogP contribution in [-0.2, 0) is 19.1 Å². The lowest BCUT2D eigenvalue weighted by Crippen LogP contribution is -2.48. The Hall–Kier alpha value is -3.59. The van der Waals surface area contributed by atoms with Gasteiger partial charge in [0.25, 0.3) is 11.8 Å². The number of amides is 3. The number of hydrogen-bond donors (Lipinski definition) is 0. The highest BCUT2D eigenvalue weighted by molar-refractivity contribution is 6.23. The predicted molar refractivity (Wildman–Crippen MR) is 115 cm³/mol. The molecule has 33 heavy (non-hydrogen) atoms. The van der Waals surface area contributed by atoms with Gasteiger partial charge in [-0.05, 0) is 61.4 Å². The number of hydrogen-bond acceptors (Lipinski definition) is 6. The molecule has 2 unspecified atom stereocenters. The molecule has 172 valence electrons. The Morgan fingerprint density at radius 3 is 2.36 bits per heavy atom. The summed E-state index contributed by atoms with van der Waals surface area (Å²) in [4.78, 5) is 53.5. The minimum Gasteiger partial charge on any atom is -0.465 e. The first-order chi connectivity index (χ1) is 15.9. The fourth-order valence-electron chi connectivity index (χ4n) is 4.11. The van der Waals surface area contributed by atoms with Crippen molar-refractivity contribution in [3.05, 3.63) is 65.5 Å². The summed E-state index contributed by atoms with van der Waals surface area (Å²) >= 11 is 0. The van der Waals surface area contributed by atoms with E-state index in [-0.39, 0.29) is 30.2 Å². The number of anilines is 1. The fourth-order valence-corrected chi connectivity index (χ4v) is 4.11. The third kappa shape index (κ3) is 4.63. The number of rotatable bonds is 6. The average Bonchev–Trinajstić information content (AvgIpc) is 3.44. The number of esters is 1. The van der Waals surface area contributed by atoms with Gasteiger partial charge in [-0.1, -0.05) is 0 Å². The van der Waals surface area contributed by atoms with E-state index in [4.69, 9.17) is 4.74 Å². The van der Waals surface area contributed by atoms with Crippen molar-refractivity contribution in [3.63, 3.8) is 0 Å². The van der Waals surface area contributed by atoms with Crippen LogP contribution in [0.1, 0.15) is 40.0 Å². The molecular weight excluding hydrogens is 431 g/mol. The van der Waals surface area contributed by atoms with E-state index in [1.807, 2.05) is 0 Å². The first-order valence-corrected chi connectivity index (χ1v) is 10.6. The van der Waals surface area contributed by atoms with E-state index in [9.17, 15) is 23.6 Å². The third-order valence-electron chi connectivity index (χ3n) is 5.82. The largest absolute Gasteiger partial charge is 0.465 e. The topological polar surface area (TPSA) is 93.2 Å². The van der Waals surface area contributed by atoms with Crippen molar-refractivity contribution in [1.82, 2.24) is 4.90 Å². The minimum atomic E-state index is -1.01. The lowest BCUT2D eigenvalue weighted by molar-refractivity contribution is -0.122. The van der Waals surface area contributed by atoms with Crippen molar-refractivity contribution in [2.75, 3.05) is 25.2 Å². The maximum atomic E-state index is 13.4. The van der Waals surface area contributed by atoms with E-state index in [1.165, 1.54) is 60.5 Å². The van der Waals surface area contributed by atoms with Gasteiger partial charge in [0.05, 0.1) is 30.9 Å². The molecule has 8 nitrogen and oxygen atoms in total. The van der Waals surface area contributed by atoms with Crippen molar-refractivity contribution >= 4 is 29.4 Å². The second kappa shape index (κ2) is 9.50. The van der Waals surface area contributed by atoms with Gasteiger partial charge >= 0.3 is 5.97 Å². The Kier molecular flexibility index (Phi) is 6.50. The Balaban J connectivity index is 1.60. The number of ether oxygens (including phenoxy) is 2. The molecule has 2 saturated heterocycles. The maximum absolute atomic E-state index is 13.4. The first kappa shape index (κ1) is 22.6. The van der Waals surface area contributed by atoms with Gasteiger partial charge in [-0.25, -0.2) is 14.1 Å². The molecule has 2 aromatic carbocycles. The van der Waals surface area contributed by atoms with Crippen LogP contribution in [0.25, 0.3) is 0 Å². The molecule has 0 N–H and O–H groups in total. The number of carbonyl (C=O) groups excluding carboxylic acids is 4. The van der Waals surface area contributed by atoms with Crippen LogP contribution >= 0.6 is 0 Å². The molecule has 0 spiro atoms. The predicted octanol–water partition coefficient (Wildman–Crippen LogP) is 2.57. The van der Waals surface area contributed by atoms with Gasteiger partial charge in [-0.3, -0.25) is 14.4 Å². The highest BCUT2D eigenvalue weighted by atomic mass is 19.1. The monoisotopic (exact) mass is 454 g/mol. The number of nitrogens with zero attached hydrogens (tertiary/aromatic N) is 2. The van der Waals surface area contributed by atoms with Gasteiger partial charge in [-0.15, -0.1) is 0 Å². The molecule has 2 fully saturated rings. The Bertz CT molecular complexity index is 1060. The maximum Gasteiger partial charge on any atom is 0.337 e. The smallest absolute Gasteiger partial charge is 0.337 e. The van der Waals surface area contributed by atoms with Crippen LogP contribution in [0.2, 0.25) is 0 Å². The summed E-state index contributed by atoms with van der Waals surface area (Å²) in [6.45, 7) is 0.717. The van der Waals surface area contributed by atoms with Crippen molar-refractivity contribution in [2.45, 2.75) is 31.4 Å². The minimum absolute atomic E-state index is 0.148. The molecule has 0 aliphatic carbocycles.